The molecule has 0 heterocycles. The number of nitrogens with two attached hydrogens (primary N) is 1. The molecule has 0 aliphatic carbocycles. The highest BCUT2D eigenvalue weighted by molar-refractivity contribution is 7.90. The van der Waals surface area contributed by atoms with Crippen LogP contribution in [0.15, 0.2) is 77.2 Å². The molecule has 0 amide bonds. The molecule has 0 saturated heterocycles. The molecule has 3 aromatic carbocycles. The second-order valence-electron chi connectivity index (χ2n) is 12.9. The Balaban J connectivity index is 0.000000661. The van der Waals surface area contributed by atoms with Gasteiger partial charge in [-0.05, 0) is 98.5 Å². The van der Waals surface area contributed by atoms with Gasteiger partial charge in [0.15, 0.2) is 15.6 Å². The number of nitrogen functional groups attached to an aromatic ring is 1. The van der Waals surface area contributed by atoms with Gasteiger partial charge in [-0.15, -0.1) is 0 Å². The number of Topliss-reactive ketones (excluding diaryl/α,β-unsaturated/α-hetero) is 1. The molecule has 3 rings (SSSR count). The number of hydrogen-bond donors (Lipinski definition) is 1. The van der Waals surface area contributed by atoms with Gasteiger partial charge in [-0.25, -0.2) is 17.2 Å². The Kier molecular flexibility index (Phi) is 21.6. The summed E-state index contributed by atoms with van der Waals surface area (Å²) in [4.78, 5) is 11.5. The molecule has 0 unspecified atom stereocenters. The standard InChI is InChI=1S/C17H24O.C9H10F2O2S.C8H11N.C8H18/c1-6-8-12(3)16(7-2)17-11-15(14(5)18)10-9-13(17)4;1-9(10,11)7-3-5-8(6-4-7)14(2,12)13;1-2-7-3-5-8(9)6-4-7;1-4-6-8(3)7-5-2/h9-11H,6-8H2,1-5H3;3-6H,1-2H3;3-6H,2,9H2,1H3;8H,4-7H2,1-3H3/b16-12+;;;. The third-order valence-electron chi connectivity index (χ3n) is 8.20. The number of aryl methyl sites for hydroxylation is 2. The van der Waals surface area contributed by atoms with Crippen molar-refractivity contribution < 1.29 is 22.0 Å². The van der Waals surface area contributed by atoms with Gasteiger partial charge in [0.25, 0.3) is 5.92 Å². The van der Waals surface area contributed by atoms with Crippen LogP contribution >= 0.6 is 0 Å². The molecule has 3 aromatic rings. The summed E-state index contributed by atoms with van der Waals surface area (Å²) >= 11 is 0. The van der Waals surface area contributed by atoms with Crippen molar-refractivity contribution in [3.63, 3.8) is 0 Å². The molecule has 7 heteroatoms. The van der Waals surface area contributed by atoms with Gasteiger partial charge in [0, 0.05) is 30.0 Å². The van der Waals surface area contributed by atoms with E-state index >= 15 is 0 Å². The van der Waals surface area contributed by atoms with E-state index in [1.54, 1.807) is 6.92 Å². The van der Waals surface area contributed by atoms with Crippen molar-refractivity contribution in [3.8, 4) is 0 Å². The van der Waals surface area contributed by atoms with Crippen molar-refractivity contribution >= 4 is 26.9 Å². The lowest BCUT2D eigenvalue weighted by Crippen LogP contribution is -2.07. The summed E-state index contributed by atoms with van der Waals surface area (Å²) in [6.45, 7) is 20.1. The maximum atomic E-state index is 12.7. The molecule has 0 aliphatic heterocycles. The van der Waals surface area contributed by atoms with Crippen molar-refractivity contribution in [2.45, 2.75) is 131 Å². The minimum Gasteiger partial charge on any atom is -0.399 e. The zero-order chi connectivity index (χ0) is 37.8. The number of carbonyl (C=O) groups is 1. The maximum Gasteiger partial charge on any atom is 0.270 e. The molecule has 2 N–H and O–H groups in total. The lowest BCUT2D eigenvalue weighted by molar-refractivity contribution is 0.0174. The molecular weight excluding hydrogens is 637 g/mol. The van der Waals surface area contributed by atoms with Gasteiger partial charge in [0.05, 0.1) is 4.90 Å². The van der Waals surface area contributed by atoms with Crippen LogP contribution in [-0.4, -0.2) is 20.5 Å². The number of sulfone groups is 1. The number of rotatable bonds is 12. The van der Waals surface area contributed by atoms with Crippen LogP contribution in [0.2, 0.25) is 0 Å². The van der Waals surface area contributed by atoms with E-state index in [0.717, 1.165) is 61.7 Å². The molecule has 4 nitrogen and oxygen atoms in total. The average molecular weight is 700 g/mol. The second kappa shape index (κ2) is 23.2. The minimum atomic E-state index is -3.31. The Bertz CT molecular complexity index is 1520. The largest absolute Gasteiger partial charge is 0.399 e. The summed E-state index contributed by atoms with van der Waals surface area (Å²) in [5.74, 6) is -1.83. The molecule has 49 heavy (non-hydrogen) atoms. The lowest BCUT2D eigenvalue weighted by Gasteiger charge is -2.14. The summed E-state index contributed by atoms with van der Waals surface area (Å²) in [7, 11) is -3.31. The maximum absolute atomic E-state index is 12.7. The molecule has 0 saturated carbocycles. The van der Waals surface area contributed by atoms with Crippen molar-refractivity contribution in [1.29, 1.82) is 0 Å². The molecule has 0 spiro atoms. The van der Waals surface area contributed by atoms with Crippen LogP contribution in [0.4, 0.5) is 14.5 Å². The number of ketones is 1. The predicted molar refractivity (Wildman–Crippen MR) is 207 cm³/mol. The Morgan fingerprint density at radius 1 is 0.837 bits per heavy atom. The van der Waals surface area contributed by atoms with E-state index in [2.05, 4.69) is 79.7 Å². The highest BCUT2D eigenvalue weighted by Crippen LogP contribution is 2.29. The summed E-state index contributed by atoms with van der Waals surface area (Å²) in [5, 5.41) is 0. The van der Waals surface area contributed by atoms with Gasteiger partial charge < -0.3 is 5.73 Å². The molecule has 0 atom stereocenters. The Labute approximate surface area is 297 Å². The first-order valence-electron chi connectivity index (χ1n) is 17.7. The first kappa shape index (κ1) is 45.7. The van der Waals surface area contributed by atoms with E-state index in [9.17, 15) is 22.0 Å². The van der Waals surface area contributed by atoms with Crippen molar-refractivity contribution in [2.75, 3.05) is 12.0 Å². The molecular formula is C42H63F2NO3S. The number of anilines is 1. The third kappa shape index (κ3) is 18.3. The quantitative estimate of drug-likeness (QED) is 0.151. The molecule has 0 fully saturated rings. The minimum absolute atomic E-state index is 0.0468. The molecule has 274 valence electrons. The molecule has 0 bridgehead atoms. The first-order valence-corrected chi connectivity index (χ1v) is 19.6. The highest BCUT2D eigenvalue weighted by atomic mass is 32.2. The number of alkyl halides is 2. The number of allylic oxidation sites excluding steroid dienone is 2. The number of hydrogen-bond acceptors (Lipinski definition) is 4. The van der Waals surface area contributed by atoms with Crippen LogP contribution in [0.5, 0.6) is 0 Å². The van der Waals surface area contributed by atoms with Crippen LogP contribution in [0.25, 0.3) is 5.57 Å². The van der Waals surface area contributed by atoms with Gasteiger partial charge in [0.1, 0.15) is 0 Å². The molecule has 0 aromatic heterocycles. The number of halogens is 2. The van der Waals surface area contributed by atoms with Gasteiger partial charge in [0.2, 0.25) is 0 Å². The lowest BCUT2D eigenvalue weighted by atomic mass is 9.91. The van der Waals surface area contributed by atoms with E-state index < -0.39 is 15.8 Å². The van der Waals surface area contributed by atoms with Gasteiger partial charge in [-0.1, -0.05) is 116 Å². The summed E-state index contributed by atoms with van der Waals surface area (Å²) < 4.78 is 47.5. The normalized spacial score (nSPS) is 11.6. The number of carbonyl (C=O) groups excluding carboxylic acids is 1. The van der Waals surface area contributed by atoms with E-state index in [1.807, 2.05) is 18.2 Å². The van der Waals surface area contributed by atoms with Crippen LogP contribution in [0.1, 0.15) is 140 Å². The van der Waals surface area contributed by atoms with Crippen molar-refractivity contribution in [1.82, 2.24) is 0 Å². The first-order chi connectivity index (χ1) is 22.9. The van der Waals surface area contributed by atoms with Crippen molar-refractivity contribution in [2.24, 2.45) is 5.92 Å². The zero-order valence-electron chi connectivity index (χ0n) is 32.1. The van der Waals surface area contributed by atoms with Gasteiger partial charge in [-0.3, -0.25) is 4.79 Å². The Hall–Kier alpha value is -3.32. The fourth-order valence-corrected chi connectivity index (χ4v) is 5.92. The fraction of sp³-hybridized carbons (Fsp3) is 0.500. The Morgan fingerprint density at radius 3 is 1.76 bits per heavy atom. The molecule has 0 aliphatic rings. The summed E-state index contributed by atoms with van der Waals surface area (Å²) in [6.07, 6.45) is 11.0. The predicted octanol–water partition coefficient (Wildman–Crippen LogP) is 12.4. The van der Waals surface area contributed by atoms with E-state index in [1.165, 1.54) is 72.1 Å². The van der Waals surface area contributed by atoms with E-state index in [4.69, 9.17) is 5.73 Å². The van der Waals surface area contributed by atoms with Gasteiger partial charge in [-0.2, -0.15) is 0 Å². The average Bonchev–Trinajstić information content (AvgIpc) is 3.03. The SMILES string of the molecule is CC(F)(F)c1ccc(S(C)(=O)=O)cc1.CCC/C(C)=C(\CC)c1cc(C(C)=O)ccc1C.CCCC(C)CCC.CCc1ccc(N)cc1. The Morgan fingerprint density at radius 2 is 1.37 bits per heavy atom. The van der Waals surface area contributed by atoms with Crippen molar-refractivity contribution in [3.05, 3.63) is 100 Å². The zero-order valence-corrected chi connectivity index (χ0v) is 32.9. The van der Waals surface area contributed by atoms with Gasteiger partial charge >= 0.3 is 0 Å². The highest BCUT2D eigenvalue weighted by Gasteiger charge is 2.24. The topological polar surface area (TPSA) is 77.2 Å². The monoisotopic (exact) mass is 699 g/mol. The van der Waals surface area contributed by atoms with Crippen LogP contribution < -0.4 is 5.73 Å². The fourth-order valence-electron chi connectivity index (χ4n) is 5.29. The van der Waals surface area contributed by atoms with E-state index in [0.29, 0.717) is 0 Å². The molecule has 0 radical (unpaired) electrons. The second-order valence-corrected chi connectivity index (χ2v) is 14.9. The summed E-state index contributed by atoms with van der Waals surface area (Å²) in [6, 6.07) is 18.6. The van der Waals surface area contributed by atoms with Crippen LogP contribution in [0.3, 0.4) is 0 Å². The van der Waals surface area contributed by atoms with E-state index in [-0.39, 0.29) is 16.2 Å². The van der Waals surface area contributed by atoms with Crippen LogP contribution in [0, 0.1) is 12.8 Å². The smallest absolute Gasteiger partial charge is 0.270 e. The number of benzene rings is 3. The third-order valence-corrected chi connectivity index (χ3v) is 9.33. The van der Waals surface area contributed by atoms with Crippen LogP contribution in [-0.2, 0) is 22.2 Å². The summed E-state index contributed by atoms with van der Waals surface area (Å²) in [5.41, 5.74) is 13.6.